The lowest BCUT2D eigenvalue weighted by Crippen LogP contribution is -2.33. The fourth-order valence-corrected chi connectivity index (χ4v) is 3.88. The summed E-state index contributed by atoms with van der Waals surface area (Å²) in [5.41, 5.74) is 1.26. The molecular formula is C21H27NO7. The largest absolute Gasteiger partial charge is 0.478 e. The molecule has 8 heteroatoms. The van der Waals surface area contributed by atoms with Gasteiger partial charge in [0.25, 0.3) is 0 Å². The number of ether oxygens (including phenoxy) is 2. The molecule has 8 nitrogen and oxygen atoms in total. The third kappa shape index (κ3) is 6.09. The van der Waals surface area contributed by atoms with Crippen molar-refractivity contribution in [1.82, 2.24) is 5.32 Å². The second-order valence-electron chi connectivity index (χ2n) is 7.69. The fourth-order valence-electron chi connectivity index (χ4n) is 3.88. The number of rotatable bonds is 4. The molecule has 0 radical (unpaired) electrons. The Balaban J connectivity index is 0.000000321. The summed E-state index contributed by atoms with van der Waals surface area (Å²) in [4.78, 5) is 31.3. The van der Waals surface area contributed by atoms with Crippen molar-refractivity contribution in [2.24, 2.45) is 11.8 Å². The minimum absolute atomic E-state index is 0.0501. The highest BCUT2D eigenvalue weighted by atomic mass is 16.6. The maximum Gasteiger partial charge on any atom is 0.328 e. The minimum Gasteiger partial charge on any atom is -0.478 e. The molecule has 3 aliphatic rings. The van der Waals surface area contributed by atoms with Crippen molar-refractivity contribution in [3.05, 3.63) is 23.8 Å². The Labute approximate surface area is 169 Å². The average Bonchev–Trinajstić information content (AvgIpc) is 3.21. The highest BCUT2D eigenvalue weighted by molar-refractivity contribution is 5.89. The smallest absolute Gasteiger partial charge is 0.328 e. The lowest BCUT2D eigenvalue weighted by Gasteiger charge is -2.21. The number of aliphatic carboxylic acids is 2. The zero-order chi connectivity index (χ0) is 21.6. The summed E-state index contributed by atoms with van der Waals surface area (Å²) in [7, 11) is 0. The molecule has 0 amide bonds. The van der Waals surface area contributed by atoms with Crippen LogP contribution in [0.25, 0.3) is 0 Å². The van der Waals surface area contributed by atoms with Crippen LogP contribution in [-0.2, 0) is 23.9 Å². The van der Waals surface area contributed by atoms with Gasteiger partial charge < -0.3 is 25.0 Å². The molecule has 0 spiro atoms. The van der Waals surface area contributed by atoms with Crippen molar-refractivity contribution in [3.8, 4) is 12.5 Å². The molecule has 0 bridgehead atoms. The van der Waals surface area contributed by atoms with Crippen molar-refractivity contribution >= 4 is 17.9 Å². The molecule has 158 valence electrons. The number of hydrogen-bond acceptors (Lipinski definition) is 6. The van der Waals surface area contributed by atoms with Crippen LogP contribution in [0.1, 0.15) is 39.5 Å². The first-order valence-electron chi connectivity index (χ1n) is 9.54. The molecule has 0 saturated carbocycles. The summed E-state index contributed by atoms with van der Waals surface area (Å²) in [6, 6.07) is 2.40. The number of carboxylic acid groups (broad SMARTS) is 2. The van der Waals surface area contributed by atoms with Gasteiger partial charge in [-0.25, -0.2) is 9.59 Å². The molecule has 2 saturated heterocycles. The van der Waals surface area contributed by atoms with E-state index in [1.807, 2.05) is 0 Å². The number of carboxylic acids is 2. The Morgan fingerprint density at radius 1 is 1.38 bits per heavy atom. The van der Waals surface area contributed by atoms with Gasteiger partial charge in [-0.15, -0.1) is 0 Å². The number of carbonyl (C=O) groups is 3. The summed E-state index contributed by atoms with van der Waals surface area (Å²) in [5.74, 6) is -2.62. The van der Waals surface area contributed by atoms with Gasteiger partial charge in [-0.05, 0) is 39.5 Å². The van der Waals surface area contributed by atoms with Gasteiger partial charge >= 0.3 is 17.9 Å². The van der Waals surface area contributed by atoms with Gasteiger partial charge in [-0.2, -0.15) is 0 Å². The van der Waals surface area contributed by atoms with Gasteiger partial charge in [0.15, 0.2) is 0 Å². The number of carbonyl (C=O) groups excluding carboxylic acids is 1. The SMILES string of the molecule is C#CNC[C@@H]1C(=O)O[C@H]2[C@H]1CC/C(C)=C/CC[C@@]1(C)O[C@@H]21.O=C(O)/C=C/C(=O)O. The van der Waals surface area contributed by atoms with Crippen LogP contribution in [0.15, 0.2) is 23.8 Å². The van der Waals surface area contributed by atoms with E-state index in [1.165, 1.54) is 5.57 Å². The van der Waals surface area contributed by atoms with Crippen LogP contribution in [-0.4, -0.2) is 52.5 Å². The van der Waals surface area contributed by atoms with E-state index in [9.17, 15) is 14.4 Å². The molecular weight excluding hydrogens is 378 g/mol. The summed E-state index contributed by atoms with van der Waals surface area (Å²) < 4.78 is 11.6. The van der Waals surface area contributed by atoms with E-state index >= 15 is 0 Å². The molecule has 2 heterocycles. The number of esters is 1. The maximum atomic E-state index is 12.2. The number of fused-ring (bicyclic) bond motifs is 3. The Hall–Kier alpha value is -2.79. The molecule has 2 aliphatic heterocycles. The van der Waals surface area contributed by atoms with Crippen molar-refractivity contribution in [2.45, 2.75) is 57.3 Å². The molecule has 0 aromatic rings. The third-order valence-electron chi connectivity index (χ3n) is 5.53. The molecule has 1 aliphatic carbocycles. The van der Waals surface area contributed by atoms with Crippen molar-refractivity contribution in [2.75, 3.05) is 6.54 Å². The fraction of sp³-hybridized carbons (Fsp3) is 0.571. The monoisotopic (exact) mass is 405 g/mol. The molecule has 29 heavy (non-hydrogen) atoms. The van der Waals surface area contributed by atoms with Crippen LogP contribution in [0, 0.1) is 24.3 Å². The second-order valence-corrected chi connectivity index (χ2v) is 7.69. The molecule has 3 N–H and O–H groups in total. The van der Waals surface area contributed by atoms with E-state index in [1.54, 1.807) is 0 Å². The van der Waals surface area contributed by atoms with Crippen LogP contribution in [0.3, 0.4) is 0 Å². The summed E-state index contributed by atoms with van der Waals surface area (Å²) in [6.07, 6.45) is 12.6. The summed E-state index contributed by atoms with van der Waals surface area (Å²) in [6.45, 7) is 4.78. The average molecular weight is 405 g/mol. The van der Waals surface area contributed by atoms with Crippen LogP contribution < -0.4 is 5.32 Å². The first kappa shape index (κ1) is 22.5. The predicted octanol–water partition coefficient (Wildman–Crippen LogP) is 1.71. The van der Waals surface area contributed by atoms with Crippen molar-refractivity contribution in [1.29, 1.82) is 0 Å². The Bertz CT molecular complexity index is 735. The summed E-state index contributed by atoms with van der Waals surface area (Å²) in [5, 5.41) is 18.5. The van der Waals surface area contributed by atoms with Gasteiger partial charge in [0.05, 0.1) is 11.5 Å². The Morgan fingerprint density at radius 3 is 2.62 bits per heavy atom. The molecule has 2 fully saturated rings. The van der Waals surface area contributed by atoms with E-state index in [2.05, 4.69) is 31.3 Å². The second kappa shape index (κ2) is 9.61. The first-order valence-corrected chi connectivity index (χ1v) is 9.54. The highest BCUT2D eigenvalue weighted by Crippen LogP contribution is 2.50. The van der Waals surface area contributed by atoms with Gasteiger partial charge in [0.2, 0.25) is 0 Å². The van der Waals surface area contributed by atoms with Crippen molar-refractivity contribution < 1.29 is 34.1 Å². The molecule has 3 rings (SSSR count). The van der Waals surface area contributed by atoms with Gasteiger partial charge in [0.1, 0.15) is 12.2 Å². The van der Waals surface area contributed by atoms with Gasteiger partial charge in [0, 0.05) is 30.7 Å². The minimum atomic E-state index is -1.26. The van der Waals surface area contributed by atoms with Crippen LogP contribution in [0.2, 0.25) is 0 Å². The molecule has 0 aromatic heterocycles. The molecule has 0 unspecified atom stereocenters. The third-order valence-corrected chi connectivity index (χ3v) is 5.53. The standard InChI is InChI=1S/C17H23NO3.C4H4O4/c1-4-18-10-13-12-8-7-11(2)6-5-9-17(3)15(21-17)14(12)20-16(13)19;5-3(6)1-2-4(7)8/h1,6,12-15,18H,5,7-10H2,2-3H3;1-2H,(H,5,6)(H,7,8)/b11-6+;2-1+/t12-,13-,14-,15-,17+;/m0./s1. The van der Waals surface area contributed by atoms with E-state index in [0.717, 1.165) is 25.7 Å². The predicted molar refractivity (Wildman–Crippen MR) is 104 cm³/mol. The summed E-state index contributed by atoms with van der Waals surface area (Å²) >= 11 is 0. The molecule has 0 aromatic carbocycles. The van der Waals surface area contributed by atoms with Gasteiger partial charge in [-0.1, -0.05) is 18.1 Å². The lowest BCUT2D eigenvalue weighted by molar-refractivity contribution is -0.144. The van der Waals surface area contributed by atoms with E-state index in [-0.39, 0.29) is 35.6 Å². The molecule has 5 atom stereocenters. The van der Waals surface area contributed by atoms with Crippen molar-refractivity contribution in [3.63, 3.8) is 0 Å². The number of terminal acetylenes is 1. The van der Waals surface area contributed by atoms with Gasteiger partial charge in [-0.3, -0.25) is 4.79 Å². The zero-order valence-corrected chi connectivity index (χ0v) is 16.6. The quantitative estimate of drug-likeness (QED) is 0.161. The first-order chi connectivity index (χ1) is 13.7. The highest BCUT2D eigenvalue weighted by Gasteiger charge is 2.62. The number of allylic oxidation sites excluding steroid dienone is 2. The maximum absolute atomic E-state index is 12.2. The number of nitrogens with one attached hydrogen (secondary N) is 1. The van der Waals surface area contributed by atoms with Crippen LogP contribution in [0.5, 0.6) is 0 Å². The number of hydrogen-bond donors (Lipinski definition) is 3. The van der Waals surface area contributed by atoms with E-state index in [0.29, 0.717) is 18.7 Å². The Morgan fingerprint density at radius 2 is 2.03 bits per heavy atom. The normalized spacial score (nSPS) is 34.8. The topological polar surface area (TPSA) is 125 Å². The van der Waals surface area contributed by atoms with E-state index in [4.69, 9.17) is 26.1 Å². The Kier molecular flexibility index (Phi) is 7.46. The van der Waals surface area contributed by atoms with Crippen LogP contribution >= 0.6 is 0 Å². The van der Waals surface area contributed by atoms with E-state index < -0.39 is 11.9 Å². The lowest BCUT2D eigenvalue weighted by atomic mass is 9.80. The van der Waals surface area contributed by atoms with Crippen LogP contribution in [0.4, 0.5) is 0 Å². The zero-order valence-electron chi connectivity index (χ0n) is 16.6. The number of epoxide rings is 1.